The fourth-order valence-electron chi connectivity index (χ4n) is 3.76. The van der Waals surface area contributed by atoms with E-state index in [0.29, 0.717) is 48.2 Å². The van der Waals surface area contributed by atoms with Gasteiger partial charge in [-0.3, -0.25) is 0 Å². The smallest absolute Gasteiger partial charge is 0.261 e. The van der Waals surface area contributed by atoms with Crippen LogP contribution in [0.25, 0.3) is 22.6 Å². The highest BCUT2D eigenvalue weighted by molar-refractivity contribution is 7.89. The van der Waals surface area contributed by atoms with Gasteiger partial charge in [-0.1, -0.05) is 11.2 Å². The third-order valence-corrected chi connectivity index (χ3v) is 7.04. The minimum Gasteiger partial charge on any atom is -0.393 e. The molecule has 2 heterocycles. The molecule has 164 valence electrons. The molecule has 0 atom stereocenters. The molecule has 1 aliphatic carbocycles. The molecule has 0 bridgehead atoms. The summed E-state index contributed by atoms with van der Waals surface area (Å²) in [5, 5.41) is 13.4. The van der Waals surface area contributed by atoms with E-state index in [0.717, 1.165) is 5.56 Å². The van der Waals surface area contributed by atoms with Crippen molar-refractivity contribution in [3.63, 3.8) is 0 Å². The molecule has 4 rings (SSSR count). The fraction of sp³-hybridized carbons (Fsp3) is 0.381. The Labute approximate surface area is 180 Å². The van der Waals surface area contributed by atoms with Crippen LogP contribution in [0, 0.1) is 13.8 Å². The van der Waals surface area contributed by atoms with Gasteiger partial charge in [0.15, 0.2) is 5.82 Å². The Hall–Kier alpha value is -2.82. The summed E-state index contributed by atoms with van der Waals surface area (Å²) in [5.41, 5.74) is 8.78. The summed E-state index contributed by atoms with van der Waals surface area (Å²) in [6.07, 6.45) is 3.68. The van der Waals surface area contributed by atoms with Crippen LogP contribution in [0.2, 0.25) is 0 Å². The lowest BCUT2D eigenvalue weighted by Crippen LogP contribution is -2.38. The first-order valence-corrected chi connectivity index (χ1v) is 11.6. The van der Waals surface area contributed by atoms with Crippen LogP contribution in [-0.2, 0) is 10.0 Å². The van der Waals surface area contributed by atoms with Gasteiger partial charge in [-0.15, -0.1) is 0 Å². The molecule has 0 unspecified atom stereocenters. The summed E-state index contributed by atoms with van der Waals surface area (Å²) in [6, 6.07) is 6.58. The van der Waals surface area contributed by atoms with Crippen molar-refractivity contribution in [2.24, 2.45) is 0 Å². The Morgan fingerprint density at radius 3 is 2.55 bits per heavy atom. The summed E-state index contributed by atoms with van der Waals surface area (Å²) in [5.74, 6) is 0.979. The zero-order valence-electron chi connectivity index (χ0n) is 17.4. The number of nitrogens with one attached hydrogen (secondary N) is 1. The van der Waals surface area contributed by atoms with Gasteiger partial charge in [0.1, 0.15) is 5.82 Å². The van der Waals surface area contributed by atoms with E-state index in [1.54, 1.807) is 37.4 Å². The van der Waals surface area contributed by atoms with Gasteiger partial charge in [0.05, 0.1) is 16.6 Å². The minimum atomic E-state index is -3.71. The molecule has 0 amide bonds. The SMILES string of the molecule is Cc1noc(-c2cc(-c3cc(S(=O)(=O)N[C@H]4CC[C@@H](O)CC4)ccc3C)cnc2N)n1. The van der Waals surface area contributed by atoms with E-state index in [-0.39, 0.29) is 28.7 Å². The van der Waals surface area contributed by atoms with Gasteiger partial charge in [-0.25, -0.2) is 18.1 Å². The van der Waals surface area contributed by atoms with Gasteiger partial charge in [0.2, 0.25) is 10.0 Å². The molecule has 4 N–H and O–H groups in total. The number of benzene rings is 1. The second kappa shape index (κ2) is 8.37. The molecule has 0 spiro atoms. The second-order valence-corrected chi connectivity index (χ2v) is 9.62. The maximum absolute atomic E-state index is 13.0. The molecule has 1 aromatic carbocycles. The van der Waals surface area contributed by atoms with Crippen LogP contribution < -0.4 is 10.5 Å². The Balaban J connectivity index is 1.67. The number of nitrogen functional groups attached to an aromatic ring is 1. The number of aryl methyl sites for hydroxylation is 2. The highest BCUT2D eigenvalue weighted by atomic mass is 32.2. The van der Waals surface area contributed by atoms with Crippen LogP contribution in [0.3, 0.4) is 0 Å². The summed E-state index contributed by atoms with van der Waals surface area (Å²) in [7, 11) is -3.71. The largest absolute Gasteiger partial charge is 0.393 e. The maximum atomic E-state index is 13.0. The Kier molecular flexibility index (Phi) is 5.78. The number of aliphatic hydroxyl groups excluding tert-OH is 1. The van der Waals surface area contributed by atoms with E-state index >= 15 is 0 Å². The predicted octanol–water partition coefficient (Wildman–Crippen LogP) is 2.58. The molecule has 1 saturated carbocycles. The van der Waals surface area contributed by atoms with Crippen molar-refractivity contribution in [2.75, 3.05) is 5.73 Å². The zero-order chi connectivity index (χ0) is 22.2. The van der Waals surface area contributed by atoms with E-state index in [1.807, 2.05) is 6.92 Å². The average molecular weight is 444 g/mol. The monoisotopic (exact) mass is 443 g/mol. The van der Waals surface area contributed by atoms with Crippen LogP contribution in [0.1, 0.15) is 37.1 Å². The molecular weight excluding hydrogens is 418 g/mol. The van der Waals surface area contributed by atoms with E-state index in [1.165, 1.54) is 0 Å². The third kappa shape index (κ3) is 4.60. The van der Waals surface area contributed by atoms with Crippen LogP contribution in [0.5, 0.6) is 0 Å². The van der Waals surface area contributed by atoms with Gasteiger partial charge in [0, 0.05) is 17.8 Å². The van der Waals surface area contributed by atoms with Gasteiger partial charge < -0.3 is 15.4 Å². The van der Waals surface area contributed by atoms with Gasteiger partial charge in [-0.05, 0) is 68.9 Å². The van der Waals surface area contributed by atoms with Gasteiger partial charge >= 0.3 is 0 Å². The first-order valence-electron chi connectivity index (χ1n) is 10.1. The quantitative estimate of drug-likeness (QED) is 0.546. The van der Waals surface area contributed by atoms with Crippen molar-refractivity contribution in [3.8, 4) is 22.6 Å². The number of rotatable bonds is 5. The first kappa shape index (κ1) is 21.4. The van der Waals surface area contributed by atoms with Gasteiger partial charge in [-0.2, -0.15) is 4.98 Å². The lowest BCUT2D eigenvalue weighted by Gasteiger charge is -2.26. The minimum absolute atomic E-state index is 0.172. The topological polar surface area (TPSA) is 144 Å². The first-order chi connectivity index (χ1) is 14.7. The molecule has 0 radical (unpaired) electrons. The molecule has 2 aromatic heterocycles. The van der Waals surface area contributed by atoms with Crippen molar-refractivity contribution in [3.05, 3.63) is 41.9 Å². The number of aromatic nitrogens is 3. The maximum Gasteiger partial charge on any atom is 0.261 e. The summed E-state index contributed by atoms with van der Waals surface area (Å²) in [4.78, 5) is 8.61. The molecule has 9 nitrogen and oxygen atoms in total. The zero-order valence-corrected chi connectivity index (χ0v) is 18.2. The van der Waals surface area contributed by atoms with Crippen molar-refractivity contribution < 1.29 is 18.0 Å². The molecule has 0 aliphatic heterocycles. The molecule has 1 aliphatic rings. The molecule has 10 heteroatoms. The number of anilines is 1. The Bertz CT molecular complexity index is 1200. The van der Waals surface area contributed by atoms with E-state index in [2.05, 4.69) is 19.8 Å². The van der Waals surface area contributed by atoms with E-state index < -0.39 is 10.0 Å². The molecule has 0 saturated heterocycles. The number of pyridine rings is 1. The van der Waals surface area contributed by atoms with Crippen LogP contribution in [0.15, 0.2) is 39.9 Å². The predicted molar refractivity (Wildman–Crippen MR) is 115 cm³/mol. The number of hydrogen-bond acceptors (Lipinski definition) is 8. The number of aliphatic hydroxyl groups is 1. The van der Waals surface area contributed by atoms with Crippen molar-refractivity contribution in [1.82, 2.24) is 19.8 Å². The van der Waals surface area contributed by atoms with Crippen molar-refractivity contribution in [1.29, 1.82) is 0 Å². The molecule has 3 aromatic rings. The normalized spacial score (nSPS) is 19.5. The lowest BCUT2D eigenvalue weighted by molar-refractivity contribution is 0.120. The van der Waals surface area contributed by atoms with Crippen molar-refractivity contribution >= 4 is 15.8 Å². The van der Waals surface area contributed by atoms with Crippen LogP contribution in [-0.4, -0.2) is 40.8 Å². The van der Waals surface area contributed by atoms with E-state index in [9.17, 15) is 13.5 Å². The van der Waals surface area contributed by atoms with Crippen molar-refractivity contribution in [2.45, 2.75) is 56.6 Å². The fourth-order valence-corrected chi connectivity index (χ4v) is 5.09. The summed E-state index contributed by atoms with van der Waals surface area (Å²) >= 11 is 0. The van der Waals surface area contributed by atoms with E-state index in [4.69, 9.17) is 10.3 Å². The summed E-state index contributed by atoms with van der Waals surface area (Å²) in [6.45, 7) is 3.60. The molecular formula is C21H25N5O4S. The van der Waals surface area contributed by atoms with Crippen LogP contribution in [0.4, 0.5) is 5.82 Å². The standard InChI is InChI=1S/C21H25N5O4S/c1-12-3-8-17(31(28,29)26-15-4-6-16(27)7-5-15)10-18(12)14-9-19(20(22)23-11-14)21-24-13(2)25-30-21/h3,8-11,15-16,26-27H,4-7H2,1-2H3,(H2,22,23)/t15-,16+. The second-order valence-electron chi connectivity index (χ2n) is 7.91. The Morgan fingerprint density at radius 2 is 1.87 bits per heavy atom. The van der Waals surface area contributed by atoms with Gasteiger partial charge in [0.25, 0.3) is 5.89 Å². The number of hydrogen-bond donors (Lipinski definition) is 3. The molecule has 1 fully saturated rings. The highest BCUT2D eigenvalue weighted by Crippen LogP contribution is 2.32. The number of nitrogens with zero attached hydrogens (tertiary/aromatic N) is 3. The summed E-state index contributed by atoms with van der Waals surface area (Å²) < 4.78 is 33.9. The molecule has 31 heavy (non-hydrogen) atoms. The highest BCUT2D eigenvalue weighted by Gasteiger charge is 2.25. The lowest BCUT2D eigenvalue weighted by atomic mass is 9.94. The number of sulfonamides is 1. The Morgan fingerprint density at radius 1 is 1.13 bits per heavy atom. The number of nitrogens with two attached hydrogens (primary N) is 1. The van der Waals surface area contributed by atoms with Crippen LogP contribution >= 0.6 is 0 Å². The third-order valence-electron chi connectivity index (χ3n) is 5.53. The average Bonchev–Trinajstić information content (AvgIpc) is 3.16.